The largest absolute Gasteiger partial charge is 0.493 e. The maximum Gasteiger partial charge on any atom is 0.251 e. The van der Waals surface area contributed by atoms with Crippen LogP contribution in [0.5, 0.6) is 17.2 Å². The van der Waals surface area contributed by atoms with Crippen molar-refractivity contribution in [2.45, 2.75) is 6.54 Å². The molecule has 1 aromatic heterocycles. The molecule has 4 aromatic rings. The smallest absolute Gasteiger partial charge is 0.251 e. The summed E-state index contributed by atoms with van der Waals surface area (Å²) >= 11 is 0. The zero-order valence-electron chi connectivity index (χ0n) is 17.5. The summed E-state index contributed by atoms with van der Waals surface area (Å²) in [6, 6.07) is 18.6. The highest BCUT2D eigenvalue weighted by atomic mass is 16.5. The Morgan fingerprint density at radius 2 is 1.65 bits per heavy atom. The Bertz CT molecular complexity index is 1190. The summed E-state index contributed by atoms with van der Waals surface area (Å²) in [5.41, 5.74) is 2.93. The second kappa shape index (κ2) is 8.79. The van der Waals surface area contributed by atoms with Crippen molar-refractivity contribution in [2.75, 3.05) is 21.3 Å². The van der Waals surface area contributed by atoms with Gasteiger partial charge in [0.2, 0.25) is 5.75 Å². The first-order valence-corrected chi connectivity index (χ1v) is 9.66. The van der Waals surface area contributed by atoms with Crippen LogP contribution in [0.4, 0.5) is 0 Å². The van der Waals surface area contributed by atoms with Crippen LogP contribution in [0.25, 0.3) is 22.2 Å². The van der Waals surface area contributed by atoms with E-state index in [1.807, 2.05) is 30.3 Å². The molecule has 0 saturated carbocycles. The van der Waals surface area contributed by atoms with Gasteiger partial charge in [-0.05, 0) is 35.9 Å². The molecule has 1 heterocycles. The summed E-state index contributed by atoms with van der Waals surface area (Å²) in [5, 5.41) is 7.81. The molecule has 0 aliphatic heterocycles. The number of amides is 1. The zero-order valence-corrected chi connectivity index (χ0v) is 17.5. The molecular weight excluding hydrogens is 396 g/mol. The summed E-state index contributed by atoms with van der Waals surface area (Å²) in [5.74, 6) is 1.99. The highest BCUT2D eigenvalue weighted by molar-refractivity contribution is 6.00. The molecule has 1 amide bonds. The minimum absolute atomic E-state index is 0.212. The van der Waals surface area contributed by atoms with Crippen LogP contribution >= 0.6 is 0 Å². The van der Waals surface area contributed by atoms with Crippen molar-refractivity contribution in [2.24, 2.45) is 0 Å². The summed E-state index contributed by atoms with van der Waals surface area (Å²) in [4.78, 5) is 12.8. The number of methoxy groups -OCH3 is 3. The van der Waals surface area contributed by atoms with Crippen LogP contribution in [-0.4, -0.2) is 32.4 Å². The number of nitrogens with zero attached hydrogens (tertiary/aromatic N) is 1. The van der Waals surface area contributed by atoms with Gasteiger partial charge in [0.15, 0.2) is 17.3 Å². The van der Waals surface area contributed by atoms with Crippen molar-refractivity contribution in [1.82, 2.24) is 10.5 Å². The third kappa shape index (κ3) is 4.02. The number of ether oxygens (including phenoxy) is 3. The van der Waals surface area contributed by atoms with Gasteiger partial charge in [0.25, 0.3) is 5.91 Å². The van der Waals surface area contributed by atoms with E-state index in [1.54, 1.807) is 51.7 Å². The number of fused-ring (bicyclic) bond motifs is 1. The zero-order chi connectivity index (χ0) is 21.8. The number of carbonyl (C=O) groups is 1. The molecule has 4 rings (SSSR count). The third-order valence-corrected chi connectivity index (χ3v) is 4.95. The lowest BCUT2D eigenvalue weighted by Crippen LogP contribution is -2.22. The molecule has 0 unspecified atom stereocenters. The molecule has 0 aliphatic carbocycles. The number of hydrogen-bond acceptors (Lipinski definition) is 6. The molecule has 3 aromatic carbocycles. The van der Waals surface area contributed by atoms with E-state index in [4.69, 9.17) is 18.7 Å². The maximum atomic E-state index is 12.8. The van der Waals surface area contributed by atoms with Crippen LogP contribution < -0.4 is 19.5 Å². The Morgan fingerprint density at radius 3 is 2.29 bits per heavy atom. The van der Waals surface area contributed by atoms with E-state index in [0.717, 1.165) is 16.5 Å². The molecule has 158 valence electrons. The van der Waals surface area contributed by atoms with Crippen LogP contribution in [0.3, 0.4) is 0 Å². The Hall–Kier alpha value is -4.00. The van der Waals surface area contributed by atoms with E-state index in [1.165, 1.54) is 0 Å². The molecule has 0 atom stereocenters. The van der Waals surface area contributed by atoms with E-state index >= 15 is 0 Å². The van der Waals surface area contributed by atoms with Crippen molar-refractivity contribution >= 4 is 16.8 Å². The number of hydrogen-bond donors (Lipinski definition) is 1. The Balaban J connectivity index is 1.57. The molecule has 0 spiro atoms. The number of carbonyl (C=O) groups excluding carboxylic acids is 1. The Morgan fingerprint density at radius 1 is 0.935 bits per heavy atom. The second-order valence-corrected chi connectivity index (χ2v) is 6.83. The van der Waals surface area contributed by atoms with Crippen molar-refractivity contribution in [3.8, 4) is 28.6 Å². The lowest BCUT2D eigenvalue weighted by molar-refractivity contribution is 0.0951. The standard InChI is InChI=1S/C24H22N2O5/c1-28-20-11-15(12-21(29-2)23(20)30-3)14-25-24(27)17-9-10-19-18(13-17)22(31-26-19)16-7-5-4-6-8-16/h4-13H,14H2,1-3H3,(H,25,27). The molecule has 0 radical (unpaired) electrons. The highest BCUT2D eigenvalue weighted by Gasteiger charge is 2.16. The minimum Gasteiger partial charge on any atom is -0.493 e. The van der Waals surface area contributed by atoms with Gasteiger partial charge in [-0.1, -0.05) is 35.5 Å². The number of benzene rings is 3. The quantitative estimate of drug-likeness (QED) is 0.477. The van der Waals surface area contributed by atoms with E-state index in [-0.39, 0.29) is 5.91 Å². The van der Waals surface area contributed by atoms with Gasteiger partial charge in [0, 0.05) is 17.7 Å². The van der Waals surface area contributed by atoms with Gasteiger partial charge >= 0.3 is 0 Å². The number of aromatic nitrogens is 1. The number of nitrogens with one attached hydrogen (secondary N) is 1. The molecule has 7 heteroatoms. The fraction of sp³-hybridized carbons (Fsp3) is 0.167. The molecule has 31 heavy (non-hydrogen) atoms. The van der Waals surface area contributed by atoms with E-state index in [0.29, 0.717) is 40.6 Å². The van der Waals surface area contributed by atoms with Gasteiger partial charge in [0.05, 0.1) is 26.7 Å². The summed E-state index contributed by atoms with van der Waals surface area (Å²) in [7, 11) is 4.66. The average Bonchev–Trinajstić information content (AvgIpc) is 3.25. The van der Waals surface area contributed by atoms with E-state index in [2.05, 4.69) is 10.5 Å². The van der Waals surface area contributed by atoms with Crippen LogP contribution in [0.15, 0.2) is 65.2 Å². The summed E-state index contributed by atoms with van der Waals surface area (Å²) < 4.78 is 21.6. The highest BCUT2D eigenvalue weighted by Crippen LogP contribution is 2.38. The van der Waals surface area contributed by atoms with Crippen LogP contribution in [0, 0.1) is 0 Å². The SMILES string of the molecule is COc1cc(CNC(=O)c2ccc3noc(-c4ccccc4)c3c2)cc(OC)c1OC. The van der Waals surface area contributed by atoms with Crippen molar-refractivity contribution in [3.63, 3.8) is 0 Å². The van der Waals surface area contributed by atoms with Gasteiger partial charge in [-0.25, -0.2) is 0 Å². The van der Waals surface area contributed by atoms with Gasteiger partial charge in [-0.2, -0.15) is 0 Å². The number of rotatable bonds is 7. The molecule has 1 N–H and O–H groups in total. The van der Waals surface area contributed by atoms with Crippen molar-refractivity contribution < 1.29 is 23.5 Å². The molecule has 7 nitrogen and oxygen atoms in total. The fourth-order valence-corrected chi connectivity index (χ4v) is 3.40. The second-order valence-electron chi connectivity index (χ2n) is 6.83. The molecule has 0 saturated heterocycles. The minimum atomic E-state index is -0.212. The third-order valence-electron chi connectivity index (χ3n) is 4.95. The molecule has 0 fully saturated rings. The van der Waals surface area contributed by atoms with Crippen LogP contribution in [0.2, 0.25) is 0 Å². The molecular formula is C24H22N2O5. The topological polar surface area (TPSA) is 82.8 Å². The lowest BCUT2D eigenvalue weighted by atomic mass is 10.1. The molecule has 0 aliphatic rings. The first kappa shape index (κ1) is 20.3. The Kier molecular flexibility index (Phi) is 5.75. The van der Waals surface area contributed by atoms with E-state index in [9.17, 15) is 4.79 Å². The lowest BCUT2D eigenvalue weighted by Gasteiger charge is -2.14. The van der Waals surface area contributed by atoms with Gasteiger partial charge in [-0.15, -0.1) is 0 Å². The van der Waals surface area contributed by atoms with Crippen LogP contribution in [-0.2, 0) is 6.54 Å². The van der Waals surface area contributed by atoms with Gasteiger partial charge in [0.1, 0.15) is 5.52 Å². The molecule has 0 bridgehead atoms. The first-order valence-electron chi connectivity index (χ1n) is 9.66. The van der Waals surface area contributed by atoms with Crippen molar-refractivity contribution in [1.29, 1.82) is 0 Å². The van der Waals surface area contributed by atoms with Crippen LogP contribution in [0.1, 0.15) is 15.9 Å². The Labute approximate surface area is 179 Å². The predicted octanol–water partition coefficient (Wildman–Crippen LogP) is 4.45. The normalized spacial score (nSPS) is 10.7. The average molecular weight is 418 g/mol. The summed E-state index contributed by atoms with van der Waals surface area (Å²) in [6.45, 7) is 0.294. The van der Waals surface area contributed by atoms with Crippen molar-refractivity contribution in [3.05, 3.63) is 71.8 Å². The van der Waals surface area contributed by atoms with Gasteiger partial charge in [-0.3, -0.25) is 4.79 Å². The maximum absolute atomic E-state index is 12.8. The predicted molar refractivity (Wildman–Crippen MR) is 117 cm³/mol. The summed E-state index contributed by atoms with van der Waals surface area (Å²) in [6.07, 6.45) is 0. The fourth-order valence-electron chi connectivity index (χ4n) is 3.40. The van der Waals surface area contributed by atoms with Gasteiger partial charge < -0.3 is 24.1 Å². The van der Waals surface area contributed by atoms with E-state index < -0.39 is 0 Å². The first-order chi connectivity index (χ1) is 15.1. The monoisotopic (exact) mass is 418 g/mol.